The van der Waals surface area contributed by atoms with E-state index >= 15 is 0 Å². The number of amides is 1. The third-order valence-electron chi connectivity index (χ3n) is 5.63. The Kier molecular flexibility index (Phi) is 5.42. The molecule has 1 amide bonds. The second kappa shape index (κ2) is 7.29. The standard InChI is InChI=1S/C19H29N3O3S/c1-14-5-6-15(2)17(9-14)10-19(23)22-12-16-7-8-18(22)13-21(11-16)26(24,25)20(3)4/h5-6,9,16,18H,7-8,10-13H2,1-4H3/t16-,18+/m1/s1. The summed E-state index contributed by atoms with van der Waals surface area (Å²) in [4.78, 5) is 14.9. The van der Waals surface area contributed by atoms with Gasteiger partial charge < -0.3 is 4.90 Å². The SMILES string of the molecule is Cc1ccc(C)c(CC(=O)N2C[C@@H]3CC[C@H]2CN(S(=O)(=O)N(C)C)C3)c1. The van der Waals surface area contributed by atoms with Crippen molar-refractivity contribution in [3.05, 3.63) is 34.9 Å². The maximum atomic E-state index is 13.0. The molecule has 144 valence electrons. The van der Waals surface area contributed by atoms with Gasteiger partial charge in [0.15, 0.2) is 0 Å². The first-order chi connectivity index (χ1) is 12.2. The lowest BCUT2D eigenvalue weighted by atomic mass is 9.94. The zero-order valence-corrected chi connectivity index (χ0v) is 16.9. The van der Waals surface area contributed by atoms with Crippen molar-refractivity contribution in [2.75, 3.05) is 33.7 Å². The number of aryl methyl sites for hydroxylation is 2. The van der Waals surface area contributed by atoms with E-state index in [9.17, 15) is 13.2 Å². The molecule has 0 N–H and O–H groups in total. The van der Waals surface area contributed by atoms with Crippen LogP contribution >= 0.6 is 0 Å². The van der Waals surface area contributed by atoms with Crippen LogP contribution in [-0.4, -0.2) is 67.6 Å². The van der Waals surface area contributed by atoms with Crippen LogP contribution in [0.2, 0.25) is 0 Å². The maximum absolute atomic E-state index is 13.0. The van der Waals surface area contributed by atoms with Crippen LogP contribution in [0.1, 0.15) is 29.5 Å². The molecule has 3 aliphatic rings. The molecule has 0 spiro atoms. The van der Waals surface area contributed by atoms with Crippen LogP contribution < -0.4 is 0 Å². The maximum Gasteiger partial charge on any atom is 0.281 e. The van der Waals surface area contributed by atoms with Gasteiger partial charge >= 0.3 is 0 Å². The van der Waals surface area contributed by atoms with Gasteiger partial charge in [-0.2, -0.15) is 17.0 Å². The van der Waals surface area contributed by atoms with Crippen molar-refractivity contribution in [2.45, 2.75) is 39.2 Å². The highest BCUT2D eigenvalue weighted by atomic mass is 32.2. The highest BCUT2D eigenvalue weighted by molar-refractivity contribution is 7.86. The Bertz CT molecular complexity index is 791. The minimum atomic E-state index is -3.44. The monoisotopic (exact) mass is 379 g/mol. The number of nitrogens with zero attached hydrogens (tertiary/aromatic N) is 3. The molecule has 0 saturated carbocycles. The Balaban J connectivity index is 1.78. The van der Waals surface area contributed by atoms with Crippen molar-refractivity contribution in [3.63, 3.8) is 0 Å². The first-order valence-electron chi connectivity index (χ1n) is 9.21. The average molecular weight is 380 g/mol. The number of hydrogen-bond acceptors (Lipinski definition) is 3. The van der Waals surface area contributed by atoms with Crippen molar-refractivity contribution in [1.82, 2.24) is 13.5 Å². The third-order valence-corrected chi connectivity index (χ3v) is 7.51. The van der Waals surface area contributed by atoms with E-state index < -0.39 is 10.2 Å². The van der Waals surface area contributed by atoms with Gasteiger partial charge in [-0.05, 0) is 43.7 Å². The number of carbonyl (C=O) groups is 1. The van der Waals surface area contributed by atoms with Crippen LogP contribution in [0.25, 0.3) is 0 Å². The lowest BCUT2D eigenvalue weighted by Crippen LogP contribution is -2.49. The molecule has 3 aliphatic heterocycles. The quantitative estimate of drug-likeness (QED) is 0.798. The summed E-state index contributed by atoms with van der Waals surface area (Å²) in [7, 11) is -0.319. The molecule has 1 aromatic carbocycles. The number of benzene rings is 1. The number of rotatable bonds is 4. The van der Waals surface area contributed by atoms with Gasteiger partial charge in [-0.3, -0.25) is 4.79 Å². The third kappa shape index (κ3) is 3.80. The van der Waals surface area contributed by atoms with Gasteiger partial charge in [0.25, 0.3) is 10.2 Å². The van der Waals surface area contributed by atoms with Crippen molar-refractivity contribution in [1.29, 1.82) is 0 Å². The van der Waals surface area contributed by atoms with Crippen LogP contribution in [0.4, 0.5) is 0 Å². The second-order valence-electron chi connectivity index (χ2n) is 7.86. The summed E-state index contributed by atoms with van der Waals surface area (Å²) in [5.74, 6) is 0.323. The fraction of sp³-hybridized carbons (Fsp3) is 0.632. The molecule has 4 rings (SSSR count). The second-order valence-corrected chi connectivity index (χ2v) is 10.00. The van der Waals surface area contributed by atoms with Crippen molar-refractivity contribution < 1.29 is 13.2 Å². The molecule has 0 aromatic heterocycles. The number of fused-ring (bicyclic) bond motifs is 4. The van der Waals surface area contributed by atoms with Crippen molar-refractivity contribution in [2.24, 2.45) is 5.92 Å². The van der Waals surface area contributed by atoms with E-state index in [1.165, 1.54) is 4.31 Å². The van der Waals surface area contributed by atoms with Crippen LogP contribution in [0, 0.1) is 19.8 Å². The minimum absolute atomic E-state index is 0.0268. The largest absolute Gasteiger partial charge is 0.338 e. The van der Waals surface area contributed by atoms with Gasteiger partial charge in [0.2, 0.25) is 5.91 Å². The Labute approximate surface area is 157 Å². The van der Waals surface area contributed by atoms with Crippen molar-refractivity contribution >= 4 is 16.1 Å². The Hall–Kier alpha value is -1.44. The molecule has 0 unspecified atom stereocenters. The molecular formula is C19H29N3O3S. The molecule has 3 fully saturated rings. The lowest BCUT2D eigenvalue weighted by Gasteiger charge is -2.36. The Morgan fingerprint density at radius 1 is 1.15 bits per heavy atom. The molecule has 6 nitrogen and oxygen atoms in total. The molecule has 3 saturated heterocycles. The molecule has 26 heavy (non-hydrogen) atoms. The predicted octanol–water partition coefficient (Wildman–Crippen LogP) is 1.58. The predicted molar refractivity (Wildman–Crippen MR) is 102 cm³/mol. The van der Waals surface area contributed by atoms with E-state index in [-0.39, 0.29) is 17.9 Å². The van der Waals surface area contributed by atoms with Gasteiger partial charge in [-0.1, -0.05) is 23.8 Å². The molecule has 0 radical (unpaired) electrons. The zero-order chi connectivity index (χ0) is 19.1. The summed E-state index contributed by atoms with van der Waals surface area (Å²) >= 11 is 0. The van der Waals surface area contributed by atoms with Crippen molar-refractivity contribution in [3.8, 4) is 0 Å². The zero-order valence-electron chi connectivity index (χ0n) is 16.1. The molecule has 1 aromatic rings. The summed E-state index contributed by atoms with van der Waals surface area (Å²) in [6.45, 7) is 5.63. The first kappa shape index (κ1) is 19.3. The van der Waals surface area contributed by atoms with E-state index in [1.807, 2.05) is 18.7 Å². The van der Waals surface area contributed by atoms with E-state index in [0.29, 0.717) is 26.1 Å². The van der Waals surface area contributed by atoms with E-state index in [0.717, 1.165) is 29.5 Å². The van der Waals surface area contributed by atoms with Gasteiger partial charge in [-0.15, -0.1) is 0 Å². The molecule has 0 aliphatic carbocycles. The minimum Gasteiger partial charge on any atom is -0.338 e. The molecule has 3 heterocycles. The average Bonchev–Trinajstić information content (AvgIpc) is 2.90. The molecule has 7 heteroatoms. The smallest absolute Gasteiger partial charge is 0.281 e. The molecular weight excluding hydrogens is 350 g/mol. The normalized spacial score (nSPS) is 24.1. The van der Waals surface area contributed by atoms with Gasteiger partial charge in [-0.25, -0.2) is 0 Å². The summed E-state index contributed by atoms with van der Waals surface area (Å²) in [5.41, 5.74) is 3.34. The lowest BCUT2D eigenvalue weighted by molar-refractivity contribution is -0.134. The number of hydrogen-bond donors (Lipinski definition) is 0. The first-order valence-corrected chi connectivity index (χ1v) is 10.6. The van der Waals surface area contributed by atoms with E-state index in [4.69, 9.17) is 0 Å². The van der Waals surface area contributed by atoms with Gasteiger partial charge in [0, 0.05) is 39.8 Å². The summed E-state index contributed by atoms with van der Waals surface area (Å²) < 4.78 is 27.9. The fourth-order valence-electron chi connectivity index (χ4n) is 4.02. The van der Waals surface area contributed by atoms with Gasteiger partial charge in [0.05, 0.1) is 6.42 Å². The number of carbonyl (C=O) groups excluding carboxylic acids is 1. The van der Waals surface area contributed by atoms with Crippen LogP contribution in [0.15, 0.2) is 18.2 Å². The number of piperidine rings is 1. The van der Waals surface area contributed by atoms with E-state index in [2.05, 4.69) is 18.2 Å². The highest BCUT2D eigenvalue weighted by Crippen LogP contribution is 2.30. The Morgan fingerprint density at radius 3 is 2.58 bits per heavy atom. The molecule has 2 atom stereocenters. The summed E-state index contributed by atoms with van der Waals surface area (Å²) in [6, 6.07) is 6.16. The summed E-state index contributed by atoms with van der Waals surface area (Å²) in [6.07, 6.45) is 2.25. The topological polar surface area (TPSA) is 60.9 Å². The fourth-order valence-corrected chi connectivity index (χ4v) is 5.24. The van der Waals surface area contributed by atoms with Gasteiger partial charge in [0.1, 0.15) is 0 Å². The summed E-state index contributed by atoms with van der Waals surface area (Å²) in [5, 5.41) is 0. The van der Waals surface area contributed by atoms with Crippen LogP contribution in [-0.2, 0) is 21.4 Å². The van der Waals surface area contributed by atoms with Crippen LogP contribution in [0.3, 0.4) is 0 Å². The van der Waals surface area contributed by atoms with Crippen LogP contribution in [0.5, 0.6) is 0 Å². The highest BCUT2D eigenvalue weighted by Gasteiger charge is 2.41. The van der Waals surface area contributed by atoms with E-state index in [1.54, 1.807) is 18.4 Å². The molecule has 2 bridgehead atoms. The Morgan fingerprint density at radius 2 is 1.88 bits per heavy atom.